The molecule has 0 saturated heterocycles. The van der Waals surface area contributed by atoms with E-state index in [2.05, 4.69) is 4.99 Å². The van der Waals surface area contributed by atoms with Crippen LogP contribution >= 0.6 is 23.2 Å². The third-order valence-electron chi connectivity index (χ3n) is 5.83. The predicted molar refractivity (Wildman–Crippen MR) is 146 cm³/mol. The Morgan fingerprint density at radius 2 is 1.79 bits per heavy atom. The van der Waals surface area contributed by atoms with E-state index in [9.17, 15) is 18.3 Å². The van der Waals surface area contributed by atoms with Crippen molar-refractivity contribution in [1.82, 2.24) is 4.31 Å². The molecule has 0 aliphatic carbocycles. The van der Waals surface area contributed by atoms with Gasteiger partial charge in [0.1, 0.15) is 22.8 Å². The van der Waals surface area contributed by atoms with Crippen molar-refractivity contribution in [3.8, 4) is 0 Å². The normalized spacial score (nSPS) is 14.9. The van der Waals surface area contributed by atoms with Gasteiger partial charge in [0.2, 0.25) is 10.0 Å². The highest BCUT2D eigenvalue weighted by Gasteiger charge is 2.29. The summed E-state index contributed by atoms with van der Waals surface area (Å²) in [6.07, 6.45) is 1.45. The lowest BCUT2D eigenvalue weighted by Crippen LogP contribution is -2.30. The van der Waals surface area contributed by atoms with Crippen molar-refractivity contribution >= 4 is 51.0 Å². The number of aryl methyl sites for hydroxylation is 1. The number of nitrogens with zero attached hydrogens (tertiary/aromatic N) is 2. The number of hydrogen-bond donors (Lipinski definition) is 1. The molecule has 1 N–H and O–H groups in total. The van der Waals surface area contributed by atoms with Gasteiger partial charge in [-0.3, -0.25) is 0 Å². The van der Waals surface area contributed by atoms with Crippen LogP contribution in [0.3, 0.4) is 0 Å². The number of halogens is 2. The lowest BCUT2D eigenvalue weighted by atomic mass is 10.1. The summed E-state index contributed by atoms with van der Waals surface area (Å²) in [5, 5.41) is 11.2. The van der Waals surface area contributed by atoms with Gasteiger partial charge in [0.25, 0.3) is 0 Å². The number of methoxy groups -OCH3 is 1. The van der Waals surface area contributed by atoms with Gasteiger partial charge in [-0.05, 0) is 55.8 Å². The topological polar surface area (TPSA) is 109 Å². The first-order chi connectivity index (χ1) is 18.0. The van der Waals surface area contributed by atoms with Gasteiger partial charge in [-0.1, -0.05) is 47.0 Å². The highest BCUT2D eigenvalue weighted by Crippen LogP contribution is 2.29. The van der Waals surface area contributed by atoms with Gasteiger partial charge < -0.3 is 14.3 Å². The number of furan rings is 1. The Bertz CT molecular complexity index is 1590. The molecular weight excluding hydrogens is 551 g/mol. The Labute approximate surface area is 230 Å². The maximum absolute atomic E-state index is 13.6. The maximum atomic E-state index is 13.6. The fourth-order valence-corrected chi connectivity index (χ4v) is 5.68. The summed E-state index contributed by atoms with van der Waals surface area (Å²) in [5.74, 6) is -0.382. The third kappa shape index (κ3) is 5.86. The highest BCUT2D eigenvalue weighted by atomic mass is 35.5. The number of sulfonamides is 1. The number of ether oxygens (including phenoxy) is 1. The molecule has 1 aliphatic rings. The molecule has 0 unspecified atom stereocenters. The number of carbonyl (C=O) groups is 1. The zero-order valence-corrected chi connectivity index (χ0v) is 23.1. The van der Waals surface area contributed by atoms with E-state index in [1.54, 1.807) is 61.5 Å². The zero-order chi connectivity index (χ0) is 27.6. The first-order valence-corrected chi connectivity index (χ1v) is 13.6. The summed E-state index contributed by atoms with van der Waals surface area (Å²) >= 11 is 12.4. The molecule has 0 atom stereocenters. The lowest BCUT2D eigenvalue weighted by Gasteiger charge is -2.22. The molecule has 8 nitrogen and oxygen atoms in total. The fourth-order valence-electron chi connectivity index (χ4n) is 3.83. The summed E-state index contributed by atoms with van der Waals surface area (Å²) in [4.78, 5) is 16.3. The van der Waals surface area contributed by atoms with Crippen LogP contribution in [0, 0.1) is 6.92 Å². The predicted octanol–water partition coefficient (Wildman–Crippen LogP) is 6.09. The van der Waals surface area contributed by atoms with Crippen LogP contribution in [-0.4, -0.2) is 36.6 Å². The molecule has 0 radical (unpaired) electrons. The number of carbonyl (C=O) groups excluding carboxylic acids is 1. The Morgan fingerprint density at radius 1 is 1.08 bits per heavy atom. The van der Waals surface area contributed by atoms with Crippen molar-refractivity contribution in [3.63, 3.8) is 0 Å². The standard InChI is InChI=1S/C27H24Cl2N2O6S/c1-16-4-10-22(11-5-16)38(34,35)31(14-18-6-7-19(28)12-23(18)29)15-21-9-8-20(37-21)13-24-26(32)25(17(2)30-24)27(33)36-3/h4-13,32H,14-15H2,1-3H3/b24-13+. The van der Waals surface area contributed by atoms with Gasteiger partial charge >= 0.3 is 5.97 Å². The van der Waals surface area contributed by atoms with Crippen molar-refractivity contribution in [2.45, 2.75) is 31.8 Å². The van der Waals surface area contributed by atoms with Gasteiger partial charge in [0.15, 0.2) is 5.76 Å². The first kappa shape index (κ1) is 27.7. The van der Waals surface area contributed by atoms with Gasteiger partial charge in [0, 0.05) is 22.7 Å². The Morgan fingerprint density at radius 3 is 2.45 bits per heavy atom. The molecule has 0 bridgehead atoms. The molecule has 1 aliphatic heterocycles. The van der Waals surface area contributed by atoms with E-state index < -0.39 is 16.0 Å². The molecule has 38 heavy (non-hydrogen) atoms. The average Bonchev–Trinajstić information content (AvgIpc) is 3.42. The average molecular weight is 575 g/mol. The van der Waals surface area contributed by atoms with Gasteiger partial charge in [-0.25, -0.2) is 18.2 Å². The first-order valence-electron chi connectivity index (χ1n) is 11.4. The monoisotopic (exact) mass is 574 g/mol. The van der Waals surface area contributed by atoms with Crippen LogP contribution in [0.5, 0.6) is 0 Å². The lowest BCUT2D eigenvalue weighted by molar-refractivity contribution is -0.135. The molecule has 2 heterocycles. The van der Waals surface area contributed by atoms with Crippen LogP contribution in [0.4, 0.5) is 0 Å². The van der Waals surface area contributed by atoms with E-state index >= 15 is 0 Å². The van der Waals surface area contributed by atoms with Crippen molar-refractivity contribution in [2.75, 3.05) is 7.11 Å². The van der Waals surface area contributed by atoms with Gasteiger partial charge in [0.05, 0.1) is 24.3 Å². The van der Waals surface area contributed by atoms with Crippen LogP contribution in [0.1, 0.15) is 29.6 Å². The number of benzene rings is 2. The molecule has 0 fully saturated rings. The minimum absolute atomic E-state index is 0.0271. The number of rotatable bonds is 8. The number of aliphatic imine (C=N–C) groups is 1. The Hall–Kier alpha value is -3.37. The van der Waals surface area contributed by atoms with Crippen LogP contribution in [-0.2, 0) is 32.6 Å². The smallest absolute Gasteiger partial charge is 0.343 e. The molecule has 0 saturated carbocycles. The number of aliphatic hydroxyl groups excluding tert-OH is 1. The van der Waals surface area contributed by atoms with Crippen molar-refractivity contribution in [3.05, 3.63) is 104 Å². The van der Waals surface area contributed by atoms with Crippen LogP contribution < -0.4 is 0 Å². The number of aliphatic hydroxyl groups is 1. The minimum Gasteiger partial charge on any atom is -0.505 e. The van der Waals surface area contributed by atoms with Gasteiger partial charge in [-0.15, -0.1) is 0 Å². The van der Waals surface area contributed by atoms with Crippen molar-refractivity contribution in [1.29, 1.82) is 0 Å². The quantitative estimate of drug-likeness (QED) is 0.326. The maximum Gasteiger partial charge on any atom is 0.343 e. The minimum atomic E-state index is -3.94. The van der Waals surface area contributed by atoms with Crippen LogP contribution in [0.15, 0.2) is 85.9 Å². The van der Waals surface area contributed by atoms with E-state index in [4.69, 9.17) is 32.4 Å². The third-order valence-corrected chi connectivity index (χ3v) is 8.23. The summed E-state index contributed by atoms with van der Waals surface area (Å²) in [7, 11) is -2.73. The summed E-state index contributed by atoms with van der Waals surface area (Å²) in [6, 6.07) is 14.7. The highest BCUT2D eigenvalue weighted by molar-refractivity contribution is 7.89. The Kier molecular flexibility index (Phi) is 8.13. The molecular formula is C27H24Cl2N2O6S. The second kappa shape index (κ2) is 11.2. The SMILES string of the molecule is COC(=O)C1=C(O)/C(=C\c2ccc(CN(Cc3ccc(Cl)cc3Cl)S(=O)(=O)c3ccc(C)cc3)o2)N=C1C. The van der Waals surface area contributed by atoms with Crippen molar-refractivity contribution < 1.29 is 27.5 Å². The largest absolute Gasteiger partial charge is 0.505 e. The molecule has 4 rings (SSSR count). The molecule has 0 amide bonds. The molecule has 0 spiro atoms. The van der Waals surface area contributed by atoms with E-state index in [1.165, 1.54) is 17.5 Å². The van der Waals surface area contributed by atoms with E-state index in [-0.39, 0.29) is 35.0 Å². The van der Waals surface area contributed by atoms with E-state index in [1.807, 2.05) is 6.92 Å². The molecule has 1 aromatic heterocycles. The number of esters is 1. The van der Waals surface area contributed by atoms with E-state index in [0.29, 0.717) is 32.8 Å². The molecule has 3 aromatic rings. The zero-order valence-electron chi connectivity index (χ0n) is 20.7. The molecule has 2 aromatic carbocycles. The molecule has 11 heteroatoms. The van der Waals surface area contributed by atoms with E-state index in [0.717, 1.165) is 5.56 Å². The van der Waals surface area contributed by atoms with Gasteiger partial charge in [-0.2, -0.15) is 4.31 Å². The second-order valence-electron chi connectivity index (χ2n) is 8.57. The fraction of sp³-hybridized carbons (Fsp3) is 0.185. The summed E-state index contributed by atoms with van der Waals surface area (Å²) in [5.41, 5.74) is 1.91. The molecule has 198 valence electrons. The summed E-state index contributed by atoms with van der Waals surface area (Å²) in [6.45, 7) is 3.32. The Balaban J connectivity index is 1.66. The second-order valence-corrected chi connectivity index (χ2v) is 11.3. The van der Waals surface area contributed by atoms with Crippen LogP contribution in [0.25, 0.3) is 6.08 Å². The summed E-state index contributed by atoms with van der Waals surface area (Å²) < 4.78 is 39.1. The van der Waals surface area contributed by atoms with Crippen molar-refractivity contribution in [2.24, 2.45) is 4.99 Å². The van der Waals surface area contributed by atoms with Crippen LogP contribution in [0.2, 0.25) is 10.0 Å². The number of hydrogen-bond acceptors (Lipinski definition) is 7.